The molecule has 0 aliphatic carbocycles. The Bertz CT molecular complexity index is 1690. The smallest absolute Gasteiger partial charge is 0.323 e. The number of nitrogens with zero attached hydrogens (tertiary/aromatic N) is 3. The molecule has 274 valence electrons. The second-order valence-corrected chi connectivity index (χ2v) is 14.8. The van der Waals surface area contributed by atoms with Crippen molar-refractivity contribution in [3.8, 4) is 11.5 Å². The van der Waals surface area contributed by atoms with Gasteiger partial charge >= 0.3 is 6.03 Å². The van der Waals surface area contributed by atoms with Gasteiger partial charge in [0.05, 0.1) is 42.4 Å². The van der Waals surface area contributed by atoms with Gasteiger partial charge in [0.25, 0.3) is 5.91 Å². The van der Waals surface area contributed by atoms with Gasteiger partial charge in [-0.3, -0.25) is 4.79 Å². The van der Waals surface area contributed by atoms with Gasteiger partial charge in [0.2, 0.25) is 10.0 Å². The van der Waals surface area contributed by atoms with Gasteiger partial charge in [0.15, 0.2) is 5.76 Å². The van der Waals surface area contributed by atoms with Crippen molar-refractivity contribution in [3.63, 3.8) is 0 Å². The summed E-state index contributed by atoms with van der Waals surface area (Å²) in [6, 6.07) is 9.87. The Balaban J connectivity index is 1.62. The molecule has 4 rings (SSSR count). The number of carbonyl (C=O) groups is 2. The molecule has 0 radical (unpaired) electrons. The molecule has 3 aromatic rings. The number of fused-ring (bicyclic) bond motifs is 1. The van der Waals surface area contributed by atoms with Crippen LogP contribution in [0.15, 0.2) is 51.9 Å². The van der Waals surface area contributed by atoms with Crippen molar-refractivity contribution < 1.29 is 41.8 Å². The number of benzene rings is 2. The maximum Gasteiger partial charge on any atom is 0.323 e. The van der Waals surface area contributed by atoms with E-state index in [4.69, 9.17) is 18.7 Å². The zero-order chi connectivity index (χ0) is 36.6. The van der Waals surface area contributed by atoms with Gasteiger partial charge < -0.3 is 39.4 Å². The van der Waals surface area contributed by atoms with Crippen LogP contribution in [-0.4, -0.2) is 98.5 Å². The van der Waals surface area contributed by atoms with Crippen LogP contribution in [0.3, 0.4) is 0 Å². The van der Waals surface area contributed by atoms with Crippen LogP contribution < -0.4 is 20.1 Å². The molecule has 0 unspecified atom stereocenters. The first kappa shape index (κ1) is 38.6. The van der Waals surface area contributed by atoms with Crippen LogP contribution in [0.2, 0.25) is 0 Å². The van der Waals surface area contributed by atoms with Crippen molar-refractivity contribution >= 4 is 33.3 Å². The monoisotopic (exact) mass is 715 g/mol. The number of carbonyl (C=O) groups excluding carboxylic acids is 2. The molecule has 1 aliphatic heterocycles. The molecule has 15 heteroatoms. The maximum absolute atomic E-state index is 14.4. The first-order valence-electron chi connectivity index (χ1n) is 16.7. The molecule has 2 aromatic carbocycles. The van der Waals surface area contributed by atoms with E-state index >= 15 is 0 Å². The van der Waals surface area contributed by atoms with Gasteiger partial charge in [-0.15, -0.1) is 0 Å². The number of aliphatic hydroxyl groups is 1. The van der Waals surface area contributed by atoms with Gasteiger partial charge in [-0.05, 0) is 89.4 Å². The summed E-state index contributed by atoms with van der Waals surface area (Å²) < 4.78 is 51.2. The van der Waals surface area contributed by atoms with Crippen LogP contribution >= 0.6 is 0 Å². The lowest BCUT2D eigenvalue weighted by atomic mass is 10.0. The van der Waals surface area contributed by atoms with Gasteiger partial charge in [0.1, 0.15) is 22.9 Å². The summed E-state index contributed by atoms with van der Waals surface area (Å²) in [6.45, 7) is 9.18. The van der Waals surface area contributed by atoms with Crippen molar-refractivity contribution in [2.75, 3.05) is 51.1 Å². The van der Waals surface area contributed by atoms with Crippen LogP contribution in [0.1, 0.15) is 61.8 Å². The molecule has 14 nitrogen and oxygen atoms in total. The van der Waals surface area contributed by atoms with Gasteiger partial charge in [-0.25, -0.2) is 13.2 Å². The van der Waals surface area contributed by atoms with Crippen molar-refractivity contribution in [2.45, 2.75) is 77.0 Å². The van der Waals surface area contributed by atoms with Crippen LogP contribution in [-0.2, 0) is 14.8 Å². The highest BCUT2D eigenvalue weighted by molar-refractivity contribution is 7.89. The van der Waals surface area contributed by atoms with Crippen molar-refractivity contribution in [3.05, 3.63) is 59.5 Å². The van der Waals surface area contributed by atoms with E-state index in [-0.39, 0.29) is 42.2 Å². The highest BCUT2D eigenvalue weighted by atomic mass is 32.2. The van der Waals surface area contributed by atoms with E-state index in [0.717, 1.165) is 12.8 Å². The predicted octanol–water partition coefficient (Wildman–Crippen LogP) is 5.06. The highest BCUT2D eigenvalue weighted by Crippen LogP contribution is 2.29. The molecule has 4 atom stereocenters. The number of hydrogen-bond donors (Lipinski definition) is 3. The minimum atomic E-state index is -3.86. The van der Waals surface area contributed by atoms with Crippen molar-refractivity contribution in [1.82, 2.24) is 14.4 Å². The van der Waals surface area contributed by atoms with E-state index in [1.165, 1.54) is 35.5 Å². The molecule has 3 amide bonds. The zero-order valence-electron chi connectivity index (χ0n) is 29.8. The topological polar surface area (TPSA) is 173 Å². The molecule has 0 saturated carbocycles. The number of hydrogen-bond acceptors (Lipinski definition) is 10. The van der Waals surface area contributed by atoms with E-state index in [0.29, 0.717) is 47.4 Å². The number of ether oxygens (including phenoxy) is 3. The number of sulfonamides is 1. The number of rotatable bonds is 9. The standard InChI is InChI=1S/C35H49N5O9S/c1-22-19-40(23(2)21-41)34(42)30-18-27(36-35(43)37-33-25(4)38-49-26(33)5)11-16-31(30)48-24(3)10-8-9-17-47-32(22)20-39(6)50(44,45)29-14-12-28(46-7)13-15-29/h11-16,18,22-24,32,41H,8-10,17,19-21H2,1-7H3,(H2,36,37,43)/t22-,23+,24-,32+/m0/s1. The molecular formula is C35H49N5O9S. The van der Waals surface area contributed by atoms with Crippen molar-refractivity contribution in [2.24, 2.45) is 5.92 Å². The van der Waals surface area contributed by atoms with Gasteiger partial charge in [-0.2, -0.15) is 4.31 Å². The Morgan fingerprint density at radius 1 is 1.14 bits per heavy atom. The summed E-state index contributed by atoms with van der Waals surface area (Å²) in [5, 5.41) is 19.6. The minimum absolute atomic E-state index is 0.0372. The first-order valence-corrected chi connectivity index (χ1v) is 18.1. The van der Waals surface area contributed by atoms with E-state index in [2.05, 4.69) is 15.8 Å². The molecular weight excluding hydrogens is 666 g/mol. The van der Waals surface area contributed by atoms with Crippen LogP contribution in [0.4, 0.5) is 16.2 Å². The summed E-state index contributed by atoms with van der Waals surface area (Å²) in [6.07, 6.45) is 1.36. The second-order valence-electron chi connectivity index (χ2n) is 12.8. The quantitative estimate of drug-likeness (QED) is 0.272. The maximum atomic E-state index is 14.4. The molecule has 50 heavy (non-hydrogen) atoms. The van der Waals surface area contributed by atoms with Crippen LogP contribution in [0.5, 0.6) is 11.5 Å². The Hall–Kier alpha value is -4.18. The number of methoxy groups -OCH3 is 1. The minimum Gasteiger partial charge on any atom is -0.497 e. The SMILES string of the molecule is COc1ccc(S(=O)(=O)N(C)C[C@H]2OCCCC[C@H](C)Oc3ccc(NC(=O)Nc4c(C)noc4C)cc3C(=O)N([C@H](C)CO)C[C@@H]2C)cc1. The summed E-state index contributed by atoms with van der Waals surface area (Å²) in [5.41, 5.74) is 1.52. The highest BCUT2D eigenvalue weighted by Gasteiger charge is 2.32. The number of anilines is 2. The molecule has 0 fully saturated rings. The third-order valence-electron chi connectivity index (χ3n) is 8.79. The molecule has 0 spiro atoms. The van der Waals surface area contributed by atoms with E-state index < -0.39 is 34.1 Å². The van der Waals surface area contributed by atoms with Crippen LogP contribution in [0, 0.1) is 19.8 Å². The lowest BCUT2D eigenvalue weighted by Crippen LogP contribution is -2.48. The molecule has 3 N–H and O–H groups in total. The Morgan fingerprint density at radius 2 is 1.86 bits per heavy atom. The normalized spacial score (nSPS) is 20.0. The number of aliphatic hydroxyl groups excluding tert-OH is 1. The lowest BCUT2D eigenvalue weighted by molar-refractivity contribution is -0.00834. The van der Waals surface area contributed by atoms with E-state index in [1.807, 2.05) is 13.8 Å². The van der Waals surface area contributed by atoms with E-state index in [9.17, 15) is 23.1 Å². The summed E-state index contributed by atoms with van der Waals surface area (Å²) in [4.78, 5) is 29.0. The molecule has 1 aromatic heterocycles. The summed E-state index contributed by atoms with van der Waals surface area (Å²) in [7, 11) is -0.847. The predicted molar refractivity (Wildman–Crippen MR) is 188 cm³/mol. The second kappa shape index (κ2) is 17.2. The zero-order valence-corrected chi connectivity index (χ0v) is 30.6. The Kier molecular flexibility index (Phi) is 13.3. The third-order valence-corrected chi connectivity index (χ3v) is 10.6. The molecule has 0 bridgehead atoms. The van der Waals surface area contributed by atoms with Crippen molar-refractivity contribution in [1.29, 1.82) is 0 Å². The van der Waals surface area contributed by atoms with Crippen LogP contribution in [0.25, 0.3) is 0 Å². The van der Waals surface area contributed by atoms with Gasteiger partial charge in [0, 0.05) is 38.3 Å². The van der Waals surface area contributed by atoms with Gasteiger partial charge in [-0.1, -0.05) is 12.1 Å². The summed E-state index contributed by atoms with van der Waals surface area (Å²) in [5.74, 6) is 0.563. The largest absolute Gasteiger partial charge is 0.497 e. The number of aryl methyl sites for hydroxylation is 2. The number of urea groups is 1. The Labute approximate surface area is 294 Å². The fraction of sp³-hybridized carbons (Fsp3) is 0.514. The number of likely N-dealkylation sites (N-methyl/N-ethyl adjacent to an activating group) is 1. The summed E-state index contributed by atoms with van der Waals surface area (Å²) >= 11 is 0. The first-order chi connectivity index (χ1) is 23.7. The average Bonchev–Trinajstić information content (AvgIpc) is 3.41. The third kappa shape index (κ3) is 9.53. The fourth-order valence-corrected chi connectivity index (χ4v) is 6.86. The fourth-order valence-electron chi connectivity index (χ4n) is 5.68. The number of amides is 3. The molecule has 1 aliphatic rings. The average molecular weight is 716 g/mol. The number of nitrogens with one attached hydrogen (secondary N) is 2. The number of aromatic nitrogens is 1. The Morgan fingerprint density at radius 3 is 2.50 bits per heavy atom. The molecule has 2 heterocycles. The lowest BCUT2D eigenvalue weighted by Gasteiger charge is -2.35. The molecule has 0 saturated heterocycles. The van der Waals surface area contributed by atoms with E-state index in [1.54, 1.807) is 51.1 Å².